The monoisotopic (exact) mass is 330 g/mol. The molecule has 0 saturated heterocycles. The highest BCUT2D eigenvalue weighted by molar-refractivity contribution is 5.97. The van der Waals surface area contributed by atoms with Gasteiger partial charge in [-0.3, -0.25) is 9.59 Å². The van der Waals surface area contributed by atoms with E-state index >= 15 is 0 Å². The number of carbonyl (C=O) groups excluding carboxylic acids is 2. The number of nitrogens with zero attached hydrogens (tertiary/aromatic N) is 1. The lowest BCUT2D eigenvalue weighted by atomic mass is 10.0. The summed E-state index contributed by atoms with van der Waals surface area (Å²) in [5.74, 6) is -0.500. The summed E-state index contributed by atoms with van der Waals surface area (Å²) < 4.78 is 10.8. The summed E-state index contributed by atoms with van der Waals surface area (Å²) in [7, 11) is 0. The van der Waals surface area contributed by atoms with Gasteiger partial charge in [0.25, 0.3) is 5.91 Å². The molecule has 0 atom stereocenters. The van der Waals surface area contributed by atoms with Crippen LogP contribution in [0.4, 0.5) is 5.69 Å². The molecule has 0 aliphatic heterocycles. The van der Waals surface area contributed by atoms with Gasteiger partial charge in [-0.25, -0.2) is 0 Å². The van der Waals surface area contributed by atoms with Crippen LogP contribution in [0.25, 0.3) is 0 Å². The molecule has 1 fully saturated rings. The van der Waals surface area contributed by atoms with E-state index in [1.54, 1.807) is 6.07 Å². The third-order valence-electron chi connectivity index (χ3n) is 4.02. The Morgan fingerprint density at radius 1 is 1.33 bits per heavy atom. The molecule has 0 aromatic heterocycles. The maximum absolute atomic E-state index is 12.7. The summed E-state index contributed by atoms with van der Waals surface area (Å²) in [5, 5.41) is 12.0. The molecule has 1 aromatic carbocycles. The second kappa shape index (κ2) is 7.93. The van der Waals surface area contributed by atoms with Crippen LogP contribution in [0.3, 0.4) is 0 Å². The molecular weight excluding hydrogens is 308 g/mol. The number of amides is 1. The fourth-order valence-electron chi connectivity index (χ4n) is 2.86. The number of anilines is 1. The summed E-state index contributed by atoms with van der Waals surface area (Å²) in [4.78, 5) is 23.7. The molecule has 1 amide bonds. The Morgan fingerprint density at radius 2 is 2.04 bits per heavy atom. The third-order valence-corrected chi connectivity index (χ3v) is 4.02. The lowest BCUT2D eigenvalue weighted by molar-refractivity contribution is -0.140. The van der Waals surface area contributed by atoms with E-state index in [1.807, 2.05) is 13.0 Å². The van der Waals surface area contributed by atoms with E-state index in [0.717, 1.165) is 19.3 Å². The van der Waals surface area contributed by atoms with Crippen molar-refractivity contribution in [3.8, 4) is 11.8 Å². The average molecular weight is 330 g/mol. The quantitative estimate of drug-likeness (QED) is 0.639. The summed E-state index contributed by atoms with van der Waals surface area (Å²) >= 11 is 0. The molecule has 128 valence electrons. The number of hydrogen-bond acceptors (Lipinski definition) is 5. The van der Waals surface area contributed by atoms with Crippen LogP contribution in [-0.2, 0) is 14.3 Å². The molecule has 0 heterocycles. The minimum absolute atomic E-state index is 0.181. The molecule has 6 nitrogen and oxygen atoms in total. The Bertz CT molecular complexity index is 657. The van der Waals surface area contributed by atoms with Crippen LogP contribution < -0.4 is 10.1 Å². The van der Waals surface area contributed by atoms with Crippen molar-refractivity contribution in [2.75, 3.05) is 11.9 Å². The molecule has 1 aliphatic carbocycles. The number of carbonyl (C=O) groups is 2. The van der Waals surface area contributed by atoms with Gasteiger partial charge in [-0.15, -0.1) is 0 Å². The van der Waals surface area contributed by atoms with Crippen LogP contribution in [-0.4, -0.2) is 24.1 Å². The van der Waals surface area contributed by atoms with E-state index in [4.69, 9.17) is 9.47 Å². The van der Waals surface area contributed by atoms with Gasteiger partial charge in [0.1, 0.15) is 17.4 Å². The van der Waals surface area contributed by atoms with Crippen LogP contribution in [0, 0.1) is 11.3 Å². The summed E-state index contributed by atoms with van der Waals surface area (Å²) in [6, 6.07) is 6.58. The second-order valence-electron chi connectivity index (χ2n) is 5.92. The van der Waals surface area contributed by atoms with Gasteiger partial charge in [0.2, 0.25) is 0 Å². The number of nitriles is 1. The van der Waals surface area contributed by atoms with Gasteiger partial charge in [-0.1, -0.05) is 6.92 Å². The van der Waals surface area contributed by atoms with Crippen molar-refractivity contribution < 1.29 is 19.1 Å². The normalized spacial score (nSPS) is 15.5. The van der Waals surface area contributed by atoms with E-state index in [2.05, 4.69) is 5.32 Å². The lowest BCUT2D eigenvalue weighted by Crippen LogP contribution is -2.43. The van der Waals surface area contributed by atoms with Gasteiger partial charge in [0, 0.05) is 19.2 Å². The van der Waals surface area contributed by atoms with Gasteiger partial charge < -0.3 is 14.8 Å². The molecule has 1 N–H and O–H groups in total. The Labute approximate surface area is 141 Å². The van der Waals surface area contributed by atoms with E-state index in [-0.39, 0.29) is 17.2 Å². The van der Waals surface area contributed by atoms with Crippen LogP contribution in [0.5, 0.6) is 5.75 Å². The summed E-state index contributed by atoms with van der Waals surface area (Å²) in [5.41, 5.74) is -0.103. The fraction of sp³-hybridized carbons (Fsp3) is 0.500. The number of rotatable bonds is 6. The van der Waals surface area contributed by atoms with Gasteiger partial charge in [-0.05, 0) is 50.3 Å². The van der Waals surface area contributed by atoms with E-state index < -0.39 is 11.6 Å². The van der Waals surface area contributed by atoms with Gasteiger partial charge in [-0.2, -0.15) is 5.26 Å². The standard InChI is InChI=1S/C18H22N2O4/c1-3-10-23-18(8-4-5-9-18)17(22)20-15-6-7-16(24-13(2)21)14(11-15)12-19/h6-7,11H,3-5,8-10H2,1-2H3,(H,20,22). The van der Waals surface area contributed by atoms with Crippen molar-refractivity contribution in [3.05, 3.63) is 23.8 Å². The molecule has 1 saturated carbocycles. The van der Waals surface area contributed by atoms with Crippen molar-refractivity contribution in [2.24, 2.45) is 0 Å². The zero-order valence-electron chi connectivity index (χ0n) is 14.1. The minimum atomic E-state index is -0.780. The maximum atomic E-state index is 12.7. The molecule has 1 aliphatic rings. The van der Waals surface area contributed by atoms with Crippen molar-refractivity contribution in [1.82, 2.24) is 0 Å². The van der Waals surface area contributed by atoms with Crippen LogP contribution in [0.2, 0.25) is 0 Å². The maximum Gasteiger partial charge on any atom is 0.308 e. The topological polar surface area (TPSA) is 88.4 Å². The van der Waals surface area contributed by atoms with Crippen molar-refractivity contribution in [1.29, 1.82) is 5.26 Å². The minimum Gasteiger partial charge on any atom is -0.425 e. The summed E-state index contributed by atoms with van der Waals surface area (Å²) in [6.07, 6.45) is 4.19. The number of benzene rings is 1. The third kappa shape index (κ3) is 4.12. The van der Waals surface area contributed by atoms with E-state index in [9.17, 15) is 14.9 Å². The van der Waals surface area contributed by atoms with Gasteiger partial charge >= 0.3 is 5.97 Å². The highest BCUT2D eigenvalue weighted by Crippen LogP contribution is 2.35. The first-order chi connectivity index (χ1) is 11.5. The Kier molecular flexibility index (Phi) is 5.93. The Hall–Kier alpha value is -2.39. The molecule has 1 aromatic rings. The molecule has 0 spiro atoms. The number of hydrogen-bond donors (Lipinski definition) is 1. The van der Waals surface area contributed by atoms with Crippen LogP contribution in [0.15, 0.2) is 18.2 Å². The highest BCUT2D eigenvalue weighted by atomic mass is 16.5. The zero-order valence-corrected chi connectivity index (χ0v) is 14.1. The molecular formula is C18H22N2O4. The smallest absolute Gasteiger partial charge is 0.308 e. The van der Waals surface area contributed by atoms with Crippen molar-refractivity contribution in [3.63, 3.8) is 0 Å². The van der Waals surface area contributed by atoms with Crippen LogP contribution >= 0.6 is 0 Å². The highest BCUT2D eigenvalue weighted by Gasteiger charge is 2.42. The number of nitrogens with one attached hydrogen (secondary N) is 1. The van der Waals surface area contributed by atoms with E-state index in [1.165, 1.54) is 19.1 Å². The molecule has 24 heavy (non-hydrogen) atoms. The largest absolute Gasteiger partial charge is 0.425 e. The number of ether oxygens (including phenoxy) is 2. The van der Waals surface area contributed by atoms with E-state index in [0.29, 0.717) is 25.1 Å². The first-order valence-corrected chi connectivity index (χ1v) is 8.19. The molecule has 6 heteroatoms. The lowest BCUT2D eigenvalue weighted by Gasteiger charge is -2.28. The van der Waals surface area contributed by atoms with Crippen molar-refractivity contribution in [2.45, 2.75) is 51.6 Å². The first kappa shape index (κ1) is 18.0. The Morgan fingerprint density at radius 3 is 2.62 bits per heavy atom. The molecule has 0 radical (unpaired) electrons. The molecule has 0 unspecified atom stereocenters. The van der Waals surface area contributed by atoms with Gasteiger partial charge in [0.15, 0.2) is 0 Å². The molecule has 2 rings (SSSR count). The first-order valence-electron chi connectivity index (χ1n) is 8.19. The second-order valence-corrected chi connectivity index (χ2v) is 5.92. The Balaban J connectivity index is 2.16. The number of esters is 1. The SMILES string of the molecule is CCCOC1(C(=O)Nc2ccc(OC(C)=O)c(C#N)c2)CCCC1. The fourth-order valence-corrected chi connectivity index (χ4v) is 2.86. The van der Waals surface area contributed by atoms with Crippen LogP contribution in [0.1, 0.15) is 51.5 Å². The predicted octanol–water partition coefficient (Wildman–Crippen LogP) is 3.16. The zero-order chi connectivity index (χ0) is 17.6. The van der Waals surface area contributed by atoms with Crippen molar-refractivity contribution >= 4 is 17.6 Å². The average Bonchev–Trinajstić information content (AvgIpc) is 3.04. The predicted molar refractivity (Wildman–Crippen MR) is 88.5 cm³/mol. The summed E-state index contributed by atoms with van der Waals surface area (Å²) in [6.45, 7) is 3.82. The van der Waals surface area contributed by atoms with Gasteiger partial charge in [0.05, 0.1) is 5.56 Å². The molecule has 0 bridgehead atoms.